The van der Waals surface area contributed by atoms with Gasteiger partial charge >= 0.3 is 0 Å². The lowest BCUT2D eigenvalue weighted by Crippen LogP contribution is -2.51. The van der Waals surface area contributed by atoms with Gasteiger partial charge in [0.2, 0.25) is 5.91 Å². The number of amides is 1. The summed E-state index contributed by atoms with van der Waals surface area (Å²) in [7, 11) is 3.46. The molecule has 1 fully saturated rings. The molecule has 158 valence electrons. The third-order valence-corrected chi connectivity index (χ3v) is 4.68. The summed E-state index contributed by atoms with van der Waals surface area (Å²) in [4.78, 5) is 20.1. The Hall–Kier alpha value is -1.58. The van der Waals surface area contributed by atoms with E-state index in [2.05, 4.69) is 27.4 Å². The molecule has 28 heavy (non-hydrogen) atoms. The summed E-state index contributed by atoms with van der Waals surface area (Å²) in [6.07, 6.45) is 3.06. The van der Waals surface area contributed by atoms with Crippen LogP contribution in [0.25, 0.3) is 0 Å². The summed E-state index contributed by atoms with van der Waals surface area (Å²) < 4.78 is 13.4. The maximum absolute atomic E-state index is 13.4. The van der Waals surface area contributed by atoms with Crippen molar-refractivity contribution in [2.75, 3.05) is 45.2 Å². The van der Waals surface area contributed by atoms with Gasteiger partial charge in [-0.05, 0) is 49.9 Å². The van der Waals surface area contributed by atoms with Crippen molar-refractivity contribution < 1.29 is 9.18 Å². The van der Waals surface area contributed by atoms with Crippen LogP contribution in [0.5, 0.6) is 0 Å². The van der Waals surface area contributed by atoms with Gasteiger partial charge in [0.25, 0.3) is 0 Å². The second-order valence-corrected chi connectivity index (χ2v) is 7.24. The molecular formula is C20H33FIN5O. The molecule has 1 amide bonds. The van der Waals surface area contributed by atoms with Gasteiger partial charge in [-0.2, -0.15) is 0 Å². The second-order valence-electron chi connectivity index (χ2n) is 7.24. The molecule has 0 saturated carbocycles. The number of carbonyl (C=O) groups excluding carboxylic acids is 1. The van der Waals surface area contributed by atoms with Gasteiger partial charge in [-0.3, -0.25) is 4.79 Å². The van der Waals surface area contributed by atoms with Crippen molar-refractivity contribution in [3.8, 4) is 0 Å². The molecule has 1 aliphatic heterocycles. The van der Waals surface area contributed by atoms with Crippen molar-refractivity contribution in [2.45, 2.75) is 39.2 Å². The minimum atomic E-state index is -0.202. The smallest absolute Gasteiger partial charge is 0.243 e. The Labute approximate surface area is 185 Å². The van der Waals surface area contributed by atoms with E-state index in [1.807, 2.05) is 13.0 Å². The number of nitrogens with zero attached hydrogens (tertiary/aromatic N) is 3. The van der Waals surface area contributed by atoms with Crippen molar-refractivity contribution in [3.05, 3.63) is 29.6 Å². The molecule has 1 aliphatic rings. The second kappa shape index (κ2) is 12.1. The van der Waals surface area contributed by atoms with Crippen molar-refractivity contribution >= 4 is 41.5 Å². The van der Waals surface area contributed by atoms with Crippen LogP contribution in [-0.2, 0) is 4.79 Å². The fraction of sp³-hybridized carbons (Fsp3) is 0.600. The third-order valence-electron chi connectivity index (χ3n) is 4.68. The first-order valence-corrected chi connectivity index (χ1v) is 9.66. The third kappa shape index (κ3) is 7.44. The van der Waals surface area contributed by atoms with Gasteiger partial charge < -0.3 is 20.4 Å². The van der Waals surface area contributed by atoms with Crippen molar-refractivity contribution in [3.63, 3.8) is 0 Å². The standard InChI is InChI=1S/C20H32FN5O.HI/c1-5-10-22-20(23-13-19(27)25(3)4)24-17-7-6-11-26(14-17)18-9-8-16(21)12-15(18)2;/h8-9,12,17H,5-7,10-11,13-14H2,1-4H3,(H2,22,23,24);1H. The van der Waals surface area contributed by atoms with Crippen LogP contribution in [0, 0.1) is 12.7 Å². The highest BCUT2D eigenvalue weighted by Crippen LogP contribution is 2.24. The molecule has 2 rings (SSSR count). The number of rotatable bonds is 6. The maximum atomic E-state index is 13.4. The minimum Gasteiger partial charge on any atom is -0.369 e. The molecule has 1 heterocycles. The molecule has 1 saturated heterocycles. The number of piperidine rings is 1. The number of aryl methyl sites for hydroxylation is 1. The average molecular weight is 505 g/mol. The van der Waals surface area contributed by atoms with Crippen molar-refractivity contribution in [1.82, 2.24) is 15.5 Å². The maximum Gasteiger partial charge on any atom is 0.243 e. The number of halogens is 2. The fourth-order valence-electron chi connectivity index (χ4n) is 3.16. The van der Waals surface area contributed by atoms with E-state index >= 15 is 0 Å². The van der Waals surface area contributed by atoms with E-state index in [-0.39, 0.29) is 48.3 Å². The molecule has 1 unspecified atom stereocenters. The predicted octanol–water partition coefficient (Wildman–Crippen LogP) is 2.75. The summed E-state index contributed by atoms with van der Waals surface area (Å²) in [6.45, 7) is 6.74. The molecule has 0 spiro atoms. The summed E-state index contributed by atoms with van der Waals surface area (Å²) >= 11 is 0. The Kier molecular flexibility index (Phi) is 10.6. The largest absolute Gasteiger partial charge is 0.369 e. The number of hydrogen-bond acceptors (Lipinski definition) is 3. The number of guanidine groups is 1. The van der Waals surface area contributed by atoms with E-state index in [4.69, 9.17) is 0 Å². The number of hydrogen-bond donors (Lipinski definition) is 2. The number of carbonyl (C=O) groups is 1. The zero-order chi connectivity index (χ0) is 19.8. The van der Waals surface area contributed by atoms with Crippen LogP contribution >= 0.6 is 24.0 Å². The van der Waals surface area contributed by atoms with Gasteiger partial charge in [0.15, 0.2) is 5.96 Å². The van der Waals surface area contributed by atoms with E-state index in [1.165, 1.54) is 6.07 Å². The Balaban J connectivity index is 0.00000392. The number of benzene rings is 1. The zero-order valence-electron chi connectivity index (χ0n) is 17.3. The van der Waals surface area contributed by atoms with Gasteiger partial charge in [-0.15, -0.1) is 24.0 Å². The Morgan fingerprint density at radius 1 is 1.39 bits per heavy atom. The lowest BCUT2D eigenvalue weighted by atomic mass is 10.0. The first-order valence-electron chi connectivity index (χ1n) is 9.66. The minimum absolute atomic E-state index is 0. The summed E-state index contributed by atoms with van der Waals surface area (Å²) in [5.41, 5.74) is 2.02. The topological polar surface area (TPSA) is 60.0 Å². The molecule has 8 heteroatoms. The molecule has 0 bridgehead atoms. The molecule has 6 nitrogen and oxygen atoms in total. The van der Waals surface area contributed by atoms with E-state index in [9.17, 15) is 9.18 Å². The first kappa shape index (κ1) is 24.5. The van der Waals surface area contributed by atoms with Gasteiger partial charge in [0.05, 0.1) is 0 Å². The van der Waals surface area contributed by atoms with Crippen LogP contribution < -0.4 is 15.5 Å². The van der Waals surface area contributed by atoms with Gasteiger partial charge in [0, 0.05) is 45.5 Å². The average Bonchev–Trinajstić information content (AvgIpc) is 2.63. The van der Waals surface area contributed by atoms with Gasteiger partial charge in [0.1, 0.15) is 12.4 Å². The van der Waals surface area contributed by atoms with E-state index in [0.717, 1.165) is 50.1 Å². The monoisotopic (exact) mass is 505 g/mol. The molecule has 0 aromatic heterocycles. The number of aliphatic imine (C=N–C) groups is 1. The Bertz CT molecular complexity index is 668. The van der Waals surface area contributed by atoms with Gasteiger partial charge in [-0.25, -0.2) is 9.38 Å². The first-order chi connectivity index (χ1) is 12.9. The summed E-state index contributed by atoms with van der Waals surface area (Å²) in [5.74, 6) is 0.446. The van der Waals surface area contributed by atoms with Crippen LogP contribution in [0.1, 0.15) is 31.7 Å². The highest BCUT2D eigenvalue weighted by atomic mass is 127. The summed E-state index contributed by atoms with van der Waals surface area (Å²) in [5, 5.41) is 6.75. The van der Waals surface area contributed by atoms with Crippen LogP contribution in [-0.4, -0.2) is 63.1 Å². The van der Waals surface area contributed by atoms with Crippen LogP contribution in [0.2, 0.25) is 0 Å². The molecule has 1 atom stereocenters. The zero-order valence-corrected chi connectivity index (χ0v) is 19.6. The molecule has 0 aliphatic carbocycles. The number of nitrogens with one attached hydrogen (secondary N) is 2. The molecule has 0 radical (unpaired) electrons. The number of likely N-dealkylation sites (N-methyl/N-ethyl adjacent to an activating group) is 1. The highest BCUT2D eigenvalue weighted by Gasteiger charge is 2.22. The summed E-state index contributed by atoms with van der Waals surface area (Å²) in [6, 6.07) is 5.17. The van der Waals surface area contributed by atoms with Crippen molar-refractivity contribution in [1.29, 1.82) is 0 Å². The van der Waals surface area contributed by atoms with E-state index in [0.29, 0.717) is 5.96 Å². The van der Waals surface area contributed by atoms with Crippen LogP contribution in [0.4, 0.5) is 10.1 Å². The fourth-order valence-corrected chi connectivity index (χ4v) is 3.16. The molecule has 2 N–H and O–H groups in total. The lowest BCUT2D eigenvalue weighted by molar-refractivity contribution is -0.127. The molecule has 1 aromatic rings. The van der Waals surface area contributed by atoms with Crippen LogP contribution in [0.15, 0.2) is 23.2 Å². The van der Waals surface area contributed by atoms with Gasteiger partial charge in [-0.1, -0.05) is 6.92 Å². The SMILES string of the molecule is CCCNC(=NCC(=O)N(C)C)NC1CCCN(c2ccc(F)cc2C)C1.I. The van der Waals surface area contributed by atoms with Crippen LogP contribution in [0.3, 0.4) is 0 Å². The predicted molar refractivity (Wildman–Crippen MR) is 124 cm³/mol. The van der Waals surface area contributed by atoms with E-state index < -0.39 is 0 Å². The van der Waals surface area contributed by atoms with Crippen molar-refractivity contribution in [2.24, 2.45) is 4.99 Å². The number of anilines is 1. The highest BCUT2D eigenvalue weighted by molar-refractivity contribution is 14.0. The Morgan fingerprint density at radius 2 is 2.14 bits per heavy atom. The molecular weight excluding hydrogens is 472 g/mol. The normalized spacial score (nSPS) is 17.0. The molecule has 1 aromatic carbocycles. The Morgan fingerprint density at radius 3 is 2.79 bits per heavy atom. The van der Waals surface area contributed by atoms with E-state index in [1.54, 1.807) is 25.1 Å². The quantitative estimate of drug-likeness (QED) is 0.355. The lowest BCUT2D eigenvalue weighted by Gasteiger charge is -2.36.